The lowest BCUT2D eigenvalue weighted by Crippen LogP contribution is -2.38. The molecule has 0 aromatic carbocycles. The summed E-state index contributed by atoms with van der Waals surface area (Å²) in [6.07, 6.45) is 1.53. The monoisotopic (exact) mass is 438 g/mol. The largest absolute Gasteiger partial charge is 0.486 e. The summed E-state index contributed by atoms with van der Waals surface area (Å²) in [4.78, 5) is 37.5. The molecule has 0 atom stereocenters. The molecule has 3 aromatic rings. The van der Waals surface area contributed by atoms with Gasteiger partial charge in [0.15, 0.2) is 28.9 Å². The predicted octanol–water partition coefficient (Wildman–Crippen LogP) is 1.90. The van der Waals surface area contributed by atoms with Crippen molar-refractivity contribution < 1.29 is 18.7 Å². The molecule has 0 spiro atoms. The number of fused-ring (bicyclic) bond motifs is 2. The summed E-state index contributed by atoms with van der Waals surface area (Å²) in [5, 5.41) is 1.79. The van der Waals surface area contributed by atoms with Crippen LogP contribution in [0.2, 0.25) is 0 Å². The first-order valence-corrected chi connectivity index (χ1v) is 10.7. The van der Waals surface area contributed by atoms with E-state index in [0.717, 1.165) is 0 Å². The minimum absolute atomic E-state index is 0.115. The Morgan fingerprint density at radius 2 is 2.06 bits per heavy atom. The number of hydrogen-bond acceptors (Lipinski definition) is 9. The van der Waals surface area contributed by atoms with E-state index in [1.807, 2.05) is 4.90 Å². The van der Waals surface area contributed by atoms with E-state index in [1.54, 1.807) is 12.3 Å². The summed E-state index contributed by atoms with van der Waals surface area (Å²) in [6, 6.07) is 1.51. The molecule has 0 unspecified atom stereocenters. The molecule has 2 aliphatic heterocycles. The van der Waals surface area contributed by atoms with Gasteiger partial charge in [0.25, 0.3) is 0 Å². The Morgan fingerprint density at radius 3 is 2.87 bits per heavy atom. The van der Waals surface area contributed by atoms with E-state index in [2.05, 4.69) is 21.8 Å². The van der Waals surface area contributed by atoms with Crippen LogP contribution in [0.25, 0.3) is 21.7 Å². The Bertz CT molecular complexity index is 1280. The quantitative estimate of drug-likeness (QED) is 0.560. The normalized spacial score (nSPS) is 15.8. The number of nitrogens with zero attached hydrogens (tertiary/aromatic N) is 4. The Hall–Kier alpha value is -3.42. The summed E-state index contributed by atoms with van der Waals surface area (Å²) >= 11 is 1.28. The minimum atomic E-state index is -0.354. The minimum Gasteiger partial charge on any atom is -0.486 e. The van der Waals surface area contributed by atoms with Crippen molar-refractivity contribution in [1.82, 2.24) is 9.97 Å². The molecule has 1 fully saturated rings. The van der Waals surface area contributed by atoms with Crippen molar-refractivity contribution in [2.45, 2.75) is 6.92 Å². The summed E-state index contributed by atoms with van der Waals surface area (Å²) in [5.74, 6) is 6.42. The molecule has 0 radical (unpaired) electrons. The maximum absolute atomic E-state index is 12.7. The molecule has 1 saturated heterocycles. The maximum Gasteiger partial charge on any atom is 0.304 e. The van der Waals surface area contributed by atoms with E-state index in [4.69, 9.17) is 13.9 Å². The fraction of sp³-hybridized carbons (Fsp3) is 0.333. The molecule has 0 bridgehead atoms. The highest BCUT2D eigenvalue weighted by Gasteiger charge is 2.27. The van der Waals surface area contributed by atoms with E-state index in [1.165, 1.54) is 28.5 Å². The van der Waals surface area contributed by atoms with Crippen LogP contribution in [-0.4, -0.2) is 55.3 Å². The molecule has 31 heavy (non-hydrogen) atoms. The van der Waals surface area contributed by atoms with E-state index in [-0.39, 0.29) is 11.3 Å². The van der Waals surface area contributed by atoms with Crippen molar-refractivity contribution in [1.29, 1.82) is 0 Å². The van der Waals surface area contributed by atoms with Crippen LogP contribution >= 0.6 is 11.3 Å². The second-order valence-electron chi connectivity index (χ2n) is 6.92. The molecule has 9 nitrogen and oxygen atoms in total. The standard InChI is InChI=1S/C21H18N4O5S/c1-2-3-16(27)25-6-9-29-15-11-22-20(23-21(15)25)13-12-31-19-14(26)10-17(30-18(13)19)24-4-7-28-8-5-24/h10-12H,4-9H2,1H3. The zero-order valence-corrected chi connectivity index (χ0v) is 17.5. The number of aromatic nitrogens is 2. The Morgan fingerprint density at radius 1 is 1.23 bits per heavy atom. The summed E-state index contributed by atoms with van der Waals surface area (Å²) in [7, 11) is 0. The highest BCUT2D eigenvalue weighted by molar-refractivity contribution is 7.17. The van der Waals surface area contributed by atoms with Crippen LogP contribution in [0.3, 0.4) is 0 Å². The topological polar surface area (TPSA) is 98.0 Å². The van der Waals surface area contributed by atoms with Crippen molar-refractivity contribution in [3.63, 3.8) is 0 Å². The lowest BCUT2D eigenvalue weighted by Gasteiger charge is -2.27. The van der Waals surface area contributed by atoms with Crippen molar-refractivity contribution in [2.75, 3.05) is 49.3 Å². The molecule has 0 saturated carbocycles. The van der Waals surface area contributed by atoms with Gasteiger partial charge in [-0.25, -0.2) is 9.97 Å². The average Bonchev–Trinajstić information content (AvgIpc) is 3.24. The highest BCUT2D eigenvalue weighted by atomic mass is 32.1. The lowest BCUT2D eigenvalue weighted by molar-refractivity contribution is -0.113. The van der Waals surface area contributed by atoms with Gasteiger partial charge < -0.3 is 18.8 Å². The second kappa shape index (κ2) is 8.02. The third kappa shape index (κ3) is 3.52. The number of carbonyl (C=O) groups excluding carboxylic acids is 1. The fourth-order valence-corrected chi connectivity index (χ4v) is 4.42. The van der Waals surface area contributed by atoms with Crippen LogP contribution in [0.15, 0.2) is 26.9 Å². The van der Waals surface area contributed by atoms with Gasteiger partial charge in [0.1, 0.15) is 11.3 Å². The molecule has 3 aromatic heterocycles. The second-order valence-corrected chi connectivity index (χ2v) is 7.80. The highest BCUT2D eigenvalue weighted by Crippen LogP contribution is 2.36. The van der Waals surface area contributed by atoms with Crippen LogP contribution < -0.4 is 20.0 Å². The molecule has 0 aliphatic carbocycles. The molecule has 1 amide bonds. The first-order valence-electron chi connectivity index (χ1n) is 9.78. The average molecular weight is 438 g/mol. The molecular weight excluding hydrogens is 420 g/mol. The zero-order valence-electron chi connectivity index (χ0n) is 16.7. The number of anilines is 2. The van der Waals surface area contributed by atoms with Gasteiger partial charge in [-0.2, -0.15) is 0 Å². The van der Waals surface area contributed by atoms with Gasteiger partial charge in [-0.3, -0.25) is 14.5 Å². The number of rotatable bonds is 2. The summed E-state index contributed by atoms with van der Waals surface area (Å²) in [5.41, 5.74) is 0.909. The maximum atomic E-state index is 12.7. The smallest absolute Gasteiger partial charge is 0.304 e. The number of amides is 1. The fourth-order valence-electron chi connectivity index (χ4n) is 3.54. The zero-order chi connectivity index (χ0) is 21.4. The van der Waals surface area contributed by atoms with E-state index in [9.17, 15) is 9.59 Å². The molecule has 10 heteroatoms. The Labute approximate surface area is 181 Å². The van der Waals surface area contributed by atoms with Crippen LogP contribution in [0.5, 0.6) is 5.75 Å². The van der Waals surface area contributed by atoms with Crippen LogP contribution in [0.1, 0.15) is 6.92 Å². The van der Waals surface area contributed by atoms with E-state index in [0.29, 0.717) is 78.6 Å². The van der Waals surface area contributed by atoms with Crippen molar-refractivity contribution in [3.8, 4) is 29.0 Å². The predicted molar refractivity (Wildman–Crippen MR) is 116 cm³/mol. The van der Waals surface area contributed by atoms with Gasteiger partial charge in [-0.15, -0.1) is 11.3 Å². The van der Waals surface area contributed by atoms with E-state index >= 15 is 0 Å². The van der Waals surface area contributed by atoms with Crippen LogP contribution in [0.4, 0.5) is 11.7 Å². The van der Waals surface area contributed by atoms with Crippen molar-refractivity contribution >= 4 is 39.2 Å². The number of thiophene rings is 1. The molecule has 5 rings (SSSR count). The van der Waals surface area contributed by atoms with Crippen LogP contribution in [0, 0.1) is 11.8 Å². The molecule has 2 aliphatic rings. The number of hydrogen-bond donors (Lipinski definition) is 0. The number of carbonyl (C=O) groups is 1. The Balaban J connectivity index is 1.60. The van der Waals surface area contributed by atoms with Gasteiger partial charge in [-0.05, 0) is 12.8 Å². The molecule has 0 N–H and O–H groups in total. The first kappa shape index (κ1) is 19.5. The number of ether oxygens (including phenoxy) is 2. The van der Waals surface area contributed by atoms with Gasteiger partial charge in [-0.1, -0.05) is 5.92 Å². The summed E-state index contributed by atoms with van der Waals surface area (Å²) in [6.45, 7) is 4.75. The SMILES string of the molecule is CC#CC(=O)N1CCOc2cnc(-c3csc4c(=O)cc(N5CCOCC5)oc34)nc21. The third-order valence-corrected chi connectivity index (χ3v) is 6.01. The van der Waals surface area contributed by atoms with Crippen molar-refractivity contribution in [2.24, 2.45) is 0 Å². The lowest BCUT2D eigenvalue weighted by atomic mass is 10.2. The first-order chi connectivity index (χ1) is 15.2. The van der Waals surface area contributed by atoms with Gasteiger partial charge in [0, 0.05) is 24.5 Å². The van der Waals surface area contributed by atoms with Crippen molar-refractivity contribution in [3.05, 3.63) is 27.9 Å². The Kier molecular flexibility index (Phi) is 5.05. The molecule has 158 valence electrons. The van der Waals surface area contributed by atoms with Gasteiger partial charge in [0.2, 0.25) is 5.43 Å². The molecular formula is C21H18N4O5S. The van der Waals surface area contributed by atoms with Gasteiger partial charge >= 0.3 is 5.91 Å². The number of morpholine rings is 1. The molecule has 5 heterocycles. The van der Waals surface area contributed by atoms with E-state index < -0.39 is 0 Å². The third-order valence-electron chi connectivity index (χ3n) is 5.04. The van der Waals surface area contributed by atoms with Gasteiger partial charge in [0.05, 0.1) is 31.5 Å². The summed E-state index contributed by atoms with van der Waals surface area (Å²) < 4.78 is 17.6. The van der Waals surface area contributed by atoms with Crippen LogP contribution in [-0.2, 0) is 9.53 Å².